The number of nitrogens with one attached hydrogen (secondary N) is 1. The minimum Gasteiger partial charge on any atom is -0.353 e. The summed E-state index contributed by atoms with van der Waals surface area (Å²) in [5, 5.41) is 3.05. The van der Waals surface area contributed by atoms with Crippen LogP contribution < -0.4 is 5.32 Å². The minimum absolute atomic E-state index is 0.0489. The van der Waals surface area contributed by atoms with Gasteiger partial charge in [-0.1, -0.05) is 44.1 Å². The van der Waals surface area contributed by atoms with Crippen molar-refractivity contribution >= 4 is 11.5 Å². The highest BCUT2D eigenvalue weighted by atomic mass is 19.1. The van der Waals surface area contributed by atoms with Crippen molar-refractivity contribution in [2.75, 3.05) is 6.54 Å². The lowest BCUT2D eigenvalue weighted by Crippen LogP contribution is -2.48. The summed E-state index contributed by atoms with van der Waals surface area (Å²) < 4.78 is 13.8. The Labute approximate surface area is 172 Å². The summed E-state index contributed by atoms with van der Waals surface area (Å²) in [5.74, 6) is 1.24. The number of nitrogens with zero attached hydrogens (tertiary/aromatic N) is 1. The lowest BCUT2D eigenvalue weighted by molar-refractivity contribution is -0.116. The van der Waals surface area contributed by atoms with E-state index in [0.717, 1.165) is 37.8 Å². The number of rotatable bonds is 1. The number of amides is 1. The molecule has 2 fully saturated rings. The van der Waals surface area contributed by atoms with Gasteiger partial charge in [0.1, 0.15) is 5.82 Å². The molecule has 29 heavy (non-hydrogen) atoms. The van der Waals surface area contributed by atoms with E-state index in [9.17, 15) is 9.18 Å². The van der Waals surface area contributed by atoms with Crippen molar-refractivity contribution in [1.82, 2.24) is 10.3 Å². The maximum atomic E-state index is 13.8. The van der Waals surface area contributed by atoms with E-state index >= 15 is 0 Å². The van der Waals surface area contributed by atoms with Crippen LogP contribution in [0.3, 0.4) is 0 Å². The molecule has 3 aliphatic carbocycles. The minimum atomic E-state index is -0.279. The predicted molar refractivity (Wildman–Crippen MR) is 112 cm³/mol. The maximum Gasteiger partial charge on any atom is 0.243 e. The Morgan fingerprint density at radius 3 is 2.79 bits per heavy atom. The lowest BCUT2D eigenvalue weighted by atomic mass is 9.47. The number of hydrogen-bond donors (Lipinski definition) is 1. The summed E-state index contributed by atoms with van der Waals surface area (Å²) in [6.45, 7) is 7.75. The zero-order valence-electron chi connectivity index (χ0n) is 17.5. The normalized spacial score (nSPS) is 38.6. The molecule has 0 saturated heterocycles. The molecule has 152 valence electrons. The van der Waals surface area contributed by atoms with Crippen LogP contribution in [0.1, 0.15) is 52.0 Å². The first kappa shape index (κ1) is 18.8. The molecule has 2 heterocycles. The van der Waals surface area contributed by atoms with Gasteiger partial charge in [0.2, 0.25) is 5.91 Å². The summed E-state index contributed by atoms with van der Waals surface area (Å²) in [6, 6.07) is 1.61. The molecular weight excluding hydrogens is 363 g/mol. The third kappa shape index (κ3) is 2.68. The Hall–Kier alpha value is -2.23. The molecule has 1 aromatic rings. The van der Waals surface area contributed by atoms with Crippen molar-refractivity contribution in [3.05, 3.63) is 59.2 Å². The fraction of sp³-hybridized carbons (Fsp3) is 0.520. The van der Waals surface area contributed by atoms with E-state index in [1.165, 1.54) is 22.9 Å². The number of fused-ring (bicyclic) bond motifs is 5. The van der Waals surface area contributed by atoms with E-state index in [-0.39, 0.29) is 22.6 Å². The molecule has 5 atom stereocenters. The summed E-state index contributed by atoms with van der Waals surface area (Å²) in [4.78, 5) is 16.3. The van der Waals surface area contributed by atoms with Crippen molar-refractivity contribution in [1.29, 1.82) is 0 Å². The second-order valence-corrected chi connectivity index (χ2v) is 9.87. The number of aromatic nitrogens is 1. The molecule has 1 N–H and O–H groups in total. The Kier molecular flexibility index (Phi) is 4.13. The highest BCUT2D eigenvalue weighted by molar-refractivity contribution is 5.89. The molecule has 1 aromatic heterocycles. The monoisotopic (exact) mass is 392 g/mol. The van der Waals surface area contributed by atoms with Crippen molar-refractivity contribution < 1.29 is 9.18 Å². The van der Waals surface area contributed by atoms with Gasteiger partial charge in [0.25, 0.3) is 0 Å². The molecule has 4 heteroatoms. The van der Waals surface area contributed by atoms with Gasteiger partial charge in [-0.2, -0.15) is 0 Å². The van der Waals surface area contributed by atoms with Crippen LogP contribution in [-0.2, 0) is 4.79 Å². The number of carbonyl (C=O) groups excluding carboxylic acids is 1. The Morgan fingerprint density at radius 2 is 2.00 bits per heavy atom. The zero-order valence-corrected chi connectivity index (χ0v) is 17.5. The second kappa shape index (κ2) is 6.38. The van der Waals surface area contributed by atoms with E-state index in [1.807, 2.05) is 6.08 Å². The number of carbonyl (C=O) groups is 1. The van der Waals surface area contributed by atoms with Crippen molar-refractivity contribution in [3.8, 4) is 0 Å². The average molecular weight is 393 g/mol. The molecule has 1 aliphatic heterocycles. The van der Waals surface area contributed by atoms with Gasteiger partial charge in [0, 0.05) is 24.2 Å². The van der Waals surface area contributed by atoms with Crippen LogP contribution in [0, 0.1) is 34.4 Å². The molecule has 3 nitrogen and oxygen atoms in total. The van der Waals surface area contributed by atoms with Gasteiger partial charge in [0.15, 0.2) is 0 Å². The second-order valence-electron chi connectivity index (χ2n) is 9.87. The van der Waals surface area contributed by atoms with Crippen LogP contribution in [0.25, 0.3) is 5.57 Å². The van der Waals surface area contributed by atoms with Crippen molar-refractivity contribution in [3.63, 3.8) is 0 Å². The molecule has 0 spiro atoms. The lowest BCUT2D eigenvalue weighted by Gasteiger charge is -2.56. The smallest absolute Gasteiger partial charge is 0.243 e. The van der Waals surface area contributed by atoms with Gasteiger partial charge >= 0.3 is 0 Å². The standard InChI is InChI=1S/C25H29FN2O/c1-15-10-18-20-5-4-19(16-11-17(26)14-27-13-16)24(20,2)7-6-21(18)25(3)8-9-28-23(29)12-22(15)25/h4-5,11-15,18,21H,6-10H2,1-3H3,(H,28,29)/t15?,18-,21?,24+,25+/m0/s1. The molecule has 5 rings (SSSR count). The van der Waals surface area contributed by atoms with Crippen LogP contribution in [0.5, 0.6) is 0 Å². The number of hydrogen-bond acceptors (Lipinski definition) is 2. The van der Waals surface area contributed by atoms with Crippen LogP contribution in [0.15, 0.2) is 47.8 Å². The molecule has 1 amide bonds. The Bertz CT molecular complexity index is 977. The topological polar surface area (TPSA) is 42.0 Å². The third-order valence-corrected chi connectivity index (χ3v) is 8.36. The maximum absolute atomic E-state index is 13.8. The van der Waals surface area contributed by atoms with Crippen LogP contribution in [-0.4, -0.2) is 17.4 Å². The first-order valence-corrected chi connectivity index (χ1v) is 10.9. The van der Waals surface area contributed by atoms with E-state index in [0.29, 0.717) is 17.8 Å². The number of halogens is 1. The SMILES string of the molecule is CC1C[C@H]2C3=CC=C(c4cncc(F)c4)[C@@]3(C)CCC2[C@@]2(C)CCNC(=O)C=C12. The fourth-order valence-corrected chi connectivity index (χ4v) is 6.96. The van der Waals surface area contributed by atoms with E-state index in [1.54, 1.807) is 12.3 Å². The zero-order chi connectivity index (χ0) is 20.4. The summed E-state index contributed by atoms with van der Waals surface area (Å²) in [5.41, 5.74) is 4.97. The van der Waals surface area contributed by atoms with Gasteiger partial charge in [0.05, 0.1) is 6.20 Å². The highest BCUT2D eigenvalue weighted by Gasteiger charge is 2.55. The van der Waals surface area contributed by atoms with Crippen LogP contribution in [0.2, 0.25) is 0 Å². The largest absolute Gasteiger partial charge is 0.353 e. The first-order chi connectivity index (χ1) is 13.8. The van der Waals surface area contributed by atoms with Gasteiger partial charge in [-0.3, -0.25) is 9.78 Å². The molecule has 2 saturated carbocycles. The summed E-state index contributed by atoms with van der Waals surface area (Å²) in [6.07, 6.45) is 13.7. The van der Waals surface area contributed by atoms with Crippen molar-refractivity contribution in [2.24, 2.45) is 28.6 Å². The number of allylic oxidation sites excluding steroid dienone is 5. The molecule has 0 aromatic carbocycles. The first-order valence-electron chi connectivity index (χ1n) is 10.9. The Balaban J connectivity index is 1.52. The van der Waals surface area contributed by atoms with Crippen molar-refractivity contribution in [2.45, 2.75) is 46.5 Å². The summed E-state index contributed by atoms with van der Waals surface area (Å²) in [7, 11) is 0. The van der Waals surface area contributed by atoms with Gasteiger partial charge in [-0.05, 0) is 66.1 Å². The average Bonchev–Trinajstić information content (AvgIpc) is 2.94. The third-order valence-electron chi connectivity index (χ3n) is 8.36. The highest BCUT2D eigenvalue weighted by Crippen LogP contribution is 2.65. The van der Waals surface area contributed by atoms with Crippen LogP contribution in [0.4, 0.5) is 4.39 Å². The molecule has 2 unspecified atom stereocenters. The van der Waals surface area contributed by atoms with Crippen LogP contribution >= 0.6 is 0 Å². The van der Waals surface area contributed by atoms with E-state index < -0.39 is 0 Å². The summed E-state index contributed by atoms with van der Waals surface area (Å²) >= 11 is 0. The molecule has 0 bridgehead atoms. The van der Waals surface area contributed by atoms with Gasteiger partial charge in [-0.25, -0.2) is 4.39 Å². The quantitative estimate of drug-likeness (QED) is 0.725. The Morgan fingerprint density at radius 1 is 1.17 bits per heavy atom. The van der Waals surface area contributed by atoms with E-state index in [4.69, 9.17) is 0 Å². The molecular formula is C25H29FN2O. The van der Waals surface area contributed by atoms with Gasteiger partial charge in [-0.15, -0.1) is 0 Å². The predicted octanol–water partition coefficient (Wildman–Crippen LogP) is 5.07. The molecule has 4 aliphatic rings. The van der Waals surface area contributed by atoms with E-state index in [2.05, 4.69) is 43.2 Å². The fourth-order valence-electron chi connectivity index (χ4n) is 6.96. The van der Waals surface area contributed by atoms with Gasteiger partial charge < -0.3 is 5.32 Å². The molecule has 0 radical (unpaired) electrons. The number of pyridine rings is 1.